The number of rotatable bonds is 8. The molecule has 1 amide bonds. The molecule has 4 heterocycles. The van der Waals surface area contributed by atoms with Crippen LogP contribution in [0.25, 0.3) is 11.7 Å². The van der Waals surface area contributed by atoms with Gasteiger partial charge in [-0.05, 0) is 44.5 Å². The molecule has 2 aliphatic heterocycles. The van der Waals surface area contributed by atoms with Gasteiger partial charge in [-0.1, -0.05) is 37.0 Å². The van der Waals surface area contributed by atoms with Crippen LogP contribution < -0.4 is 10.9 Å². The first-order valence-electron chi connectivity index (χ1n) is 11.3. The number of thioether (sulfide) groups is 1. The number of amides is 1. The van der Waals surface area contributed by atoms with E-state index in [9.17, 15) is 9.59 Å². The maximum absolute atomic E-state index is 13.3. The zero-order valence-corrected chi connectivity index (χ0v) is 20.6. The molecule has 0 radical (unpaired) electrons. The van der Waals surface area contributed by atoms with Crippen LogP contribution >= 0.6 is 24.0 Å². The molecule has 0 unspecified atom stereocenters. The third-order valence-electron chi connectivity index (χ3n) is 5.95. The molecule has 1 atom stereocenters. The minimum absolute atomic E-state index is 0.0111. The molecule has 0 aromatic carbocycles. The highest BCUT2D eigenvalue weighted by Gasteiger charge is 2.35. The summed E-state index contributed by atoms with van der Waals surface area (Å²) in [6.07, 6.45) is 5.04. The van der Waals surface area contributed by atoms with Gasteiger partial charge in [-0.25, -0.2) is 4.98 Å². The van der Waals surface area contributed by atoms with Crippen molar-refractivity contribution in [3.05, 3.63) is 45.2 Å². The minimum Gasteiger partial charge on any atom is -0.379 e. The van der Waals surface area contributed by atoms with E-state index in [0.717, 1.165) is 45.7 Å². The van der Waals surface area contributed by atoms with Gasteiger partial charge in [0.15, 0.2) is 0 Å². The number of carbonyl (C=O) groups is 1. The molecule has 2 aromatic rings. The second kappa shape index (κ2) is 10.8. The monoisotopic (exact) mass is 487 g/mol. The van der Waals surface area contributed by atoms with Crippen molar-refractivity contribution in [2.75, 3.05) is 44.7 Å². The Labute approximate surface area is 203 Å². The van der Waals surface area contributed by atoms with Crippen molar-refractivity contribution in [3.63, 3.8) is 0 Å². The number of hydrogen-bond acceptors (Lipinski definition) is 8. The largest absolute Gasteiger partial charge is 0.379 e. The third-order valence-corrected chi connectivity index (χ3v) is 7.28. The maximum Gasteiger partial charge on any atom is 0.267 e. The van der Waals surface area contributed by atoms with Crippen LogP contribution in [-0.4, -0.2) is 74.8 Å². The normalized spacial score (nSPS) is 19.6. The van der Waals surface area contributed by atoms with E-state index in [1.165, 1.54) is 16.2 Å². The zero-order valence-electron chi connectivity index (χ0n) is 19.0. The average molecular weight is 488 g/mol. The van der Waals surface area contributed by atoms with Crippen molar-refractivity contribution in [2.45, 2.75) is 32.7 Å². The van der Waals surface area contributed by atoms with Crippen molar-refractivity contribution in [1.29, 1.82) is 0 Å². The predicted octanol–water partition coefficient (Wildman–Crippen LogP) is 2.83. The minimum atomic E-state index is -0.218. The van der Waals surface area contributed by atoms with Crippen molar-refractivity contribution in [3.8, 4) is 0 Å². The van der Waals surface area contributed by atoms with E-state index < -0.39 is 0 Å². The number of fused-ring (bicyclic) bond motifs is 1. The van der Waals surface area contributed by atoms with Crippen LogP contribution in [-0.2, 0) is 9.53 Å². The quantitative estimate of drug-likeness (QED) is 0.346. The summed E-state index contributed by atoms with van der Waals surface area (Å²) in [6.45, 7) is 9.04. The molecule has 2 aliphatic rings. The summed E-state index contributed by atoms with van der Waals surface area (Å²) in [6, 6.07) is 5.45. The summed E-state index contributed by atoms with van der Waals surface area (Å²) in [5.41, 5.74) is 0.710. The molecule has 33 heavy (non-hydrogen) atoms. The number of carbonyl (C=O) groups excluding carboxylic acids is 1. The molecule has 4 rings (SSSR count). The first kappa shape index (κ1) is 23.9. The lowest BCUT2D eigenvalue weighted by atomic mass is 10.2. The van der Waals surface area contributed by atoms with Crippen molar-refractivity contribution >= 4 is 51.7 Å². The number of ether oxygens (including phenoxy) is 1. The van der Waals surface area contributed by atoms with E-state index in [4.69, 9.17) is 17.0 Å². The fourth-order valence-corrected chi connectivity index (χ4v) is 5.32. The Kier molecular flexibility index (Phi) is 7.79. The molecule has 0 spiro atoms. The molecule has 8 nitrogen and oxygen atoms in total. The molecular formula is C23H29N5O3S2. The highest BCUT2D eigenvalue weighted by Crippen LogP contribution is 2.34. The predicted molar refractivity (Wildman–Crippen MR) is 137 cm³/mol. The van der Waals surface area contributed by atoms with Crippen LogP contribution in [0.5, 0.6) is 0 Å². The standard InChI is InChI=1S/C23H29N5O3S2/c1-3-16(2)28-22(30)18(33-23(28)32)15-17-20(24-8-6-9-26-11-13-31-14-12-26)25-19-7-4-5-10-27(19)21(17)29/h4-5,7,10,15-16,24H,3,6,8-9,11-14H2,1-2H3/b18-15-/t16-/m0/s1. The van der Waals surface area contributed by atoms with Gasteiger partial charge in [-0.3, -0.25) is 23.8 Å². The highest BCUT2D eigenvalue weighted by atomic mass is 32.2. The first-order chi connectivity index (χ1) is 16.0. The van der Waals surface area contributed by atoms with Crippen molar-refractivity contribution in [1.82, 2.24) is 19.2 Å². The zero-order chi connectivity index (χ0) is 23.4. The average Bonchev–Trinajstić information content (AvgIpc) is 3.11. The topological polar surface area (TPSA) is 79.2 Å². The molecule has 2 fully saturated rings. The molecule has 2 saturated heterocycles. The van der Waals surface area contributed by atoms with Gasteiger partial charge in [0.1, 0.15) is 15.8 Å². The summed E-state index contributed by atoms with van der Waals surface area (Å²) < 4.78 is 7.42. The van der Waals surface area contributed by atoms with Crippen molar-refractivity contribution in [2.24, 2.45) is 0 Å². The van der Waals surface area contributed by atoms with Crippen LogP contribution in [0.15, 0.2) is 34.1 Å². The fourth-order valence-electron chi connectivity index (χ4n) is 3.88. The number of anilines is 1. The van der Waals surface area contributed by atoms with E-state index in [0.29, 0.717) is 32.8 Å². The number of aromatic nitrogens is 2. The van der Waals surface area contributed by atoms with Gasteiger partial charge in [0.25, 0.3) is 11.5 Å². The molecule has 1 N–H and O–H groups in total. The van der Waals surface area contributed by atoms with Crippen LogP contribution in [0.1, 0.15) is 32.3 Å². The van der Waals surface area contributed by atoms with E-state index in [1.807, 2.05) is 19.9 Å². The molecule has 10 heteroatoms. The second-order valence-electron chi connectivity index (χ2n) is 8.15. The smallest absolute Gasteiger partial charge is 0.267 e. The Hall–Kier alpha value is -2.27. The molecule has 0 aliphatic carbocycles. The summed E-state index contributed by atoms with van der Waals surface area (Å²) >= 11 is 6.68. The van der Waals surface area contributed by atoms with Gasteiger partial charge < -0.3 is 10.1 Å². The summed E-state index contributed by atoms with van der Waals surface area (Å²) in [4.78, 5) is 35.5. The van der Waals surface area contributed by atoms with E-state index in [1.54, 1.807) is 29.3 Å². The number of nitrogens with one attached hydrogen (secondary N) is 1. The summed E-state index contributed by atoms with van der Waals surface area (Å²) in [5.74, 6) is 0.331. The van der Waals surface area contributed by atoms with Crippen LogP contribution in [0.4, 0.5) is 5.82 Å². The number of thiocarbonyl (C=S) groups is 1. The Balaban J connectivity index is 1.60. The van der Waals surface area contributed by atoms with Gasteiger partial charge in [-0.2, -0.15) is 0 Å². The van der Waals surface area contributed by atoms with E-state index in [-0.39, 0.29) is 17.5 Å². The van der Waals surface area contributed by atoms with E-state index >= 15 is 0 Å². The molecular weight excluding hydrogens is 458 g/mol. The summed E-state index contributed by atoms with van der Waals surface area (Å²) in [7, 11) is 0. The Morgan fingerprint density at radius 2 is 2.09 bits per heavy atom. The molecule has 2 aromatic heterocycles. The van der Waals surface area contributed by atoms with Crippen LogP contribution in [0, 0.1) is 0 Å². The Morgan fingerprint density at radius 1 is 1.30 bits per heavy atom. The Bertz CT molecular complexity index is 1130. The molecule has 0 bridgehead atoms. The Morgan fingerprint density at radius 3 is 2.85 bits per heavy atom. The SMILES string of the molecule is CC[C@H](C)N1C(=O)/C(=C/c2c(NCCCN3CCOCC3)nc3ccccn3c2=O)SC1=S. The third kappa shape index (κ3) is 5.29. The lowest BCUT2D eigenvalue weighted by Crippen LogP contribution is -2.37. The van der Waals surface area contributed by atoms with Gasteiger partial charge in [0, 0.05) is 31.9 Å². The second-order valence-corrected chi connectivity index (χ2v) is 9.83. The van der Waals surface area contributed by atoms with Gasteiger partial charge >= 0.3 is 0 Å². The summed E-state index contributed by atoms with van der Waals surface area (Å²) in [5, 5.41) is 3.34. The molecule has 0 saturated carbocycles. The number of hydrogen-bond donors (Lipinski definition) is 1. The van der Waals surface area contributed by atoms with E-state index in [2.05, 4.69) is 15.2 Å². The lowest BCUT2D eigenvalue weighted by Gasteiger charge is -2.26. The van der Waals surface area contributed by atoms with Crippen LogP contribution in [0.3, 0.4) is 0 Å². The maximum atomic E-state index is 13.3. The van der Waals surface area contributed by atoms with Gasteiger partial charge in [-0.15, -0.1) is 0 Å². The number of morpholine rings is 1. The van der Waals surface area contributed by atoms with Crippen LogP contribution in [0.2, 0.25) is 0 Å². The number of pyridine rings is 1. The lowest BCUT2D eigenvalue weighted by molar-refractivity contribution is -0.123. The highest BCUT2D eigenvalue weighted by molar-refractivity contribution is 8.26. The number of nitrogens with zero attached hydrogens (tertiary/aromatic N) is 4. The molecule has 176 valence electrons. The van der Waals surface area contributed by atoms with Gasteiger partial charge in [0.05, 0.1) is 23.7 Å². The fraction of sp³-hybridized carbons (Fsp3) is 0.478. The van der Waals surface area contributed by atoms with Crippen molar-refractivity contribution < 1.29 is 9.53 Å². The van der Waals surface area contributed by atoms with Gasteiger partial charge in [0.2, 0.25) is 0 Å². The first-order valence-corrected chi connectivity index (χ1v) is 12.5.